The monoisotopic (exact) mass is 372 g/mol. The van der Waals surface area contributed by atoms with Crippen LogP contribution in [-0.4, -0.2) is 45.2 Å². The van der Waals surface area contributed by atoms with Gasteiger partial charge in [0.2, 0.25) is 5.91 Å². The summed E-state index contributed by atoms with van der Waals surface area (Å²) in [5.41, 5.74) is -0.538. The number of hydrogen-bond acceptors (Lipinski definition) is 5. The number of aliphatic hydroxyl groups is 1. The molecule has 8 nitrogen and oxygen atoms in total. The maximum atomic E-state index is 12.5. The summed E-state index contributed by atoms with van der Waals surface area (Å²) in [7, 11) is 0. The minimum Gasteiger partial charge on any atom is -0.395 e. The lowest BCUT2D eigenvalue weighted by atomic mass is 10.2. The second-order valence-corrected chi connectivity index (χ2v) is 6.16. The maximum absolute atomic E-state index is 12.5. The van der Waals surface area contributed by atoms with E-state index in [1.165, 1.54) is 22.5 Å². The highest BCUT2D eigenvalue weighted by atomic mass is 35.5. The number of aromatic amines is 1. The predicted molar refractivity (Wildman–Crippen MR) is 90.8 cm³/mol. The third kappa shape index (κ3) is 2.47. The molecule has 2 aromatic rings. The minimum atomic E-state index is -0.828. The number of benzene rings is 1. The van der Waals surface area contributed by atoms with Crippen LogP contribution in [0.4, 0.5) is 5.69 Å². The molecular formula is C14H14Cl2N4O4. The quantitative estimate of drug-likeness (QED) is 0.689. The zero-order chi connectivity index (χ0) is 17.6. The number of anilines is 1. The molecule has 1 atom stereocenters. The average molecular weight is 373 g/mol. The second kappa shape index (κ2) is 6.12. The van der Waals surface area contributed by atoms with Crippen LogP contribution >= 0.6 is 23.2 Å². The summed E-state index contributed by atoms with van der Waals surface area (Å²) in [6.45, 7) is 1.23. The van der Waals surface area contributed by atoms with Crippen LogP contribution in [0.15, 0.2) is 15.7 Å². The molecule has 128 valence electrons. The van der Waals surface area contributed by atoms with Crippen LogP contribution in [-0.2, 0) is 4.79 Å². The Morgan fingerprint density at radius 2 is 2.17 bits per heavy atom. The summed E-state index contributed by atoms with van der Waals surface area (Å²) in [6.07, 6.45) is -0.767. The van der Waals surface area contributed by atoms with Crippen LogP contribution in [0.3, 0.4) is 0 Å². The van der Waals surface area contributed by atoms with Crippen molar-refractivity contribution >= 4 is 45.8 Å². The standard InChI is InChI=1S/C14H14Cl2N4O4/c1-6(22)19(2-3-21)9-5-17-11-10(16)7(15)4-8-12(11)20(9)14(24)13(23)18-8/h4,9,17,21H,2-3,5H2,1H3,(H,18,23). The van der Waals surface area contributed by atoms with Crippen molar-refractivity contribution in [2.75, 3.05) is 25.0 Å². The first-order valence-electron chi connectivity index (χ1n) is 7.15. The molecule has 0 saturated heterocycles. The molecule has 0 fully saturated rings. The summed E-state index contributed by atoms with van der Waals surface area (Å²) in [4.78, 5) is 40.2. The van der Waals surface area contributed by atoms with Crippen molar-refractivity contribution < 1.29 is 9.90 Å². The molecule has 0 radical (unpaired) electrons. The number of nitrogens with one attached hydrogen (secondary N) is 2. The molecule has 1 unspecified atom stereocenters. The molecule has 0 aliphatic carbocycles. The van der Waals surface area contributed by atoms with Gasteiger partial charge in [0.15, 0.2) is 0 Å². The first-order valence-corrected chi connectivity index (χ1v) is 7.91. The number of aromatic nitrogens is 2. The zero-order valence-electron chi connectivity index (χ0n) is 12.6. The number of H-pyrrole nitrogens is 1. The Morgan fingerprint density at radius 3 is 2.79 bits per heavy atom. The van der Waals surface area contributed by atoms with Crippen LogP contribution in [0, 0.1) is 0 Å². The van der Waals surface area contributed by atoms with Gasteiger partial charge in [-0.2, -0.15) is 0 Å². The Hall–Kier alpha value is -2.03. The summed E-state index contributed by atoms with van der Waals surface area (Å²) in [5, 5.41) is 12.7. The fourth-order valence-corrected chi connectivity index (χ4v) is 3.37. The van der Waals surface area contributed by atoms with E-state index < -0.39 is 17.3 Å². The molecule has 2 heterocycles. The number of nitrogens with zero attached hydrogens (tertiary/aromatic N) is 2. The fraction of sp³-hybridized carbons (Fsp3) is 0.357. The lowest BCUT2D eigenvalue weighted by Crippen LogP contribution is -2.50. The highest BCUT2D eigenvalue weighted by molar-refractivity contribution is 6.45. The number of amides is 1. The van der Waals surface area contributed by atoms with E-state index in [2.05, 4.69) is 10.3 Å². The molecule has 10 heteroatoms. The van der Waals surface area contributed by atoms with Gasteiger partial charge >= 0.3 is 11.1 Å². The Morgan fingerprint density at radius 1 is 1.46 bits per heavy atom. The van der Waals surface area contributed by atoms with Crippen LogP contribution in [0.5, 0.6) is 0 Å². The Kier molecular flexibility index (Phi) is 4.29. The second-order valence-electron chi connectivity index (χ2n) is 5.37. The van der Waals surface area contributed by atoms with Crippen LogP contribution in [0.25, 0.3) is 11.0 Å². The molecule has 1 aromatic heterocycles. The lowest BCUT2D eigenvalue weighted by Gasteiger charge is -2.36. The summed E-state index contributed by atoms with van der Waals surface area (Å²) >= 11 is 12.3. The normalized spacial score (nSPS) is 16.1. The van der Waals surface area contributed by atoms with Crippen molar-refractivity contribution in [2.24, 2.45) is 0 Å². The van der Waals surface area contributed by atoms with E-state index in [-0.39, 0.29) is 35.6 Å². The average Bonchev–Trinajstić information content (AvgIpc) is 2.54. The maximum Gasteiger partial charge on any atom is 0.318 e. The molecule has 3 rings (SSSR count). The molecular weight excluding hydrogens is 359 g/mol. The lowest BCUT2D eigenvalue weighted by molar-refractivity contribution is -0.133. The van der Waals surface area contributed by atoms with E-state index >= 15 is 0 Å². The van der Waals surface area contributed by atoms with E-state index in [1.54, 1.807) is 0 Å². The first kappa shape index (κ1) is 16.8. The molecule has 1 aliphatic heterocycles. The van der Waals surface area contributed by atoms with E-state index in [1.807, 2.05) is 0 Å². The zero-order valence-corrected chi connectivity index (χ0v) is 14.1. The highest BCUT2D eigenvalue weighted by Gasteiger charge is 2.31. The predicted octanol–water partition coefficient (Wildman–Crippen LogP) is 0.761. The van der Waals surface area contributed by atoms with Gasteiger partial charge in [-0.25, -0.2) is 0 Å². The van der Waals surface area contributed by atoms with Gasteiger partial charge in [-0.1, -0.05) is 23.2 Å². The number of carbonyl (C=O) groups is 1. The van der Waals surface area contributed by atoms with E-state index in [0.29, 0.717) is 16.7 Å². The molecule has 1 amide bonds. The van der Waals surface area contributed by atoms with Crippen LogP contribution in [0.2, 0.25) is 10.0 Å². The SMILES string of the molecule is CC(=O)N(CCO)C1CNc2c(Cl)c(Cl)cc3[nH]c(=O)c(=O)n1c23. The Labute approximate surface area is 145 Å². The van der Waals surface area contributed by atoms with Crippen molar-refractivity contribution in [1.82, 2.24) is 14.5 Å². The molecule has 24 heavy (non-hydrogen) atoms. The molecule has 1 aromatic carbocycles. The number of aliphatic hydroxyl groups excluding tert-OH is 1. The van der Waals surface area contributed by atoms with Crippen LogP contribution in [0.1, 0.15) is 13.1 Å². The van der Waals surface area contributed by atoms with E-state index in [4.69, 9.17) is 23.2 Å². The minimum absolute atomic E-state index is 0.0269. The first-order chi connectivity index (χ1) is 11.4. The number of rotatable bonds is 3. The van der Waals surface area contributed by atoms with Crippen LogP contribution < -0.4 is 16.4 Å². The van der Waals surface area contributed by atoms with Gasteiger partial charge in [0.25, 0.3) is 0 Å². The van der Waals surface area contributed by atoms with Crippen molar-refractivity contribution in [3.8, 4) is 0 Å². The third-order valence-corrected chi connectivity index (χ3v) is 4.75. The molecule has 0 saturated carbocycles. The number of carbonyl (C=O) groups excluding carboxylic acids is 1. The third-order valence-electron chi connectivity index (χ3n) is 3.96. The molecule has 1 aliphatic rings. The number of halogens is 2. The topological polar surface area (TPSA) is 107 Å². The van der Waals surface area contributed by atoms with Crippen molar-refractivity contribution in [1.29, 1.82) is 0 Å². The van der Waals surface area contributed by atoms with Gasteiger partial charge in [0.05, 0.1) is 39.9 Å². The molecule has 3 N–H and O–H groups in total. The Balaban J connectivity index is 2.37. The molecule has 0 spiro atoms. The highest BCUT2D eigenvalue weighted by Crippen LogP contribution is 2.39. The van der Waals surface area contributed by atoms with Gasteiger partial charge in [-0.3, -0.25) is 19.0 Å². The molecule has 0 bridgehead atoms. The van der Waals surface area contributed by atoms with Crippen molar-refractivity contribution in [2.45, 2.75) is 13.1 Å². The van der Waals surface area contributed by atoms with Gasteiger partial charge in [-0.15, -0.1) is 0 Å². The fourth-order valence-electron chi connectivity index (χ4n) is 2.95. The van der Waals surface area contributed by atoms with Gasteiger partial charge in [0.1, 0.15) is 6.17 Å². The van der Waals surface area contributed by atoms with E-state index in [0.717, 1.165) is 0 Å². The summed E-state index contributed by atoms with van der Waals surface area (Å²) < 4.78 is 1.22. The van der Waals surface area contributed by atoms with Gasteiger partial charge in [-0.05, 0) is 6.07 Å². The van der Waals surface area contributed by atoms with Crippen molar-refractivity contribution in [3.05, 3.63) is 36.8 Å². The summed E-state index contributed by atoms with van der Waals surface area (Å²) in [5.74, 6) is -0.334. The van der Waals surface area contributed by atoms with Gasteiger partial charge in [0, 0.05) is 13.5 Å². The summed E-state index contributed by atoms with van der Waals surface area (Å²) in [6, 6.07) is 1.45. The van der Waals surface area contributed by atoms with Gasteiger partial charge < -0.3 is 20.3 Å². The van der Waals surface area contributed by atoms with E-state index in [9.17, 15) is 19.5 Å². The Bertz CT molecular complexity index is 952. The number of hydrogen-bond donors (Lipinski definition) is 3. The largest absolute Gasteiger partial charge is 0.395 e. The van der Waals surface area contributed by atoms with Crippen molar-refractivity contribution in [3.63, 3.8) is 0 Å². The smallest absolute Gasteiger partial charge is 0.318 e.